The maximum Gasteiger partial charge on any atom is 0.307 e. The van der Waals surface area contributed by atoms with E-state index < -0.39 is 25.8 Å². The average molecular weight is 519 g/mol. The van der Waals surface area contributed by atoms with Gasteiger partial charge in [0, 0.05) is 17.9 Å². The van der Waals surface area contributed by atoms with Crippen LogP contribution in [0.4, 0.5) is 4.39 Å². The lowest BCUT2D eigenvalue weighted by Crippen LogP contribution is -2.13. The van der Waals surface area contributed by atoms with Crippen molar-refractivity contribution in [3.8, 4) is 17.0 Å². The van der Waals surface area contributed by atoms with E-state index in [0.29, 0.717) is 21.3 Å². The van der Waals surface area contributed by atoms with Gasteiger partial charge < -0.3 is 9.52 Å². The van der Waals surface area contributed by atoms with Crippen LogP contribution in [0.25, 0.3) is 21.3 Å². The van der Waals surface area contributed by atoms with E-state index in [9.17, 15) is 22.7 Å². The van der Waals surface area contributed by atoms with Gasteiger partial charge in [-0.25, -0.2) is 17.8 Å². The van der Waals surface area contributed by atoms with E-state index in [-0.39, 0.29) is 34.0 Å². The highest BCUT2D eigenvalue weighted by Gasteiger charge is 2.34. The number of aromatic hydroxyl groups is 1. The summed E-state index contributed by atoms with van der Waals surface area (Å²) in [6, 6.07) is 11.9. The fourth-order valence-corrected chi connectivity index (χ4v) is 6.67. The van der Waals surface area contributed by atoms with Crippen LogP contribution in [-0.4, -0.2) is 39.9 Å². The zero-order valence-electron chi connectivity index (χ0n) is 17.4. The van der Waals surface area contributed by atoms with Gasteiger partial charge in [0.15, 0.2) is 15.1 Å². The van der Waals surface area contributed by atoms with E-state index >= 15 is 0 Å². The first-order chi connectivity index (χ1) is 16.2. The third kappa shape index (κ3) is 4.24. The van der Waals surface area contributed by atoms with Gasteiger partial charge >= 0.3 is 4.87 Å². The minimum Gasteiger partial charge on any atom is -0.494 e. The van der Waals surface area contributed by atoms with Crippen molar-refractivity contribution in [3.05, 3.63) is 79.6 Å². The lowest BCUT2D eigenvalue weighted by atomic mass is 10.1. The fourth-order valence-electron chi connectivity index (χ4n) is 3.44. The molecule has 2 N–H and O–H groups in total. The summed E-state index contributed by atoms with van der Waals surface area (Å²) in [5.41, 5.74) is 1.38. The van der Waals surface area contributed by atoms with Crippen LogP contribution in [-0.2, 0) is 16.3 Å². The summed E-state index contributed by atoms with van der Waals surface area (Å²) in [5, 5.41) is 16.3. The van der Waals surface area contributed by atoms with Gasteiger partial charge in [0.2, 0.25) is 17.7 Å². The van der Waals surface area contributed by atoms with Crippen LogP contribution in [0.1, 0.15) is 26.9 Å². The Kier molecular flexibility index (Phi) is 5.54. The van der Waals surface area contributed by atoms with E-state index in [2.05, 4.69) is 20.2 Å². The second-order valence-electron chi connectivity index (χ2n) is 7.42. The highest BCUT2D eigenvalue weighted by Crippen LogP contribution is 2.37. The van der Waals surface area contributed by atoms with E-state index in [1.165, 1.54) is 6.07 Å². The minimum atomic E-state index is -3.80. The molecular weight excluding hydrogens is 503 g/mol. The quantitative estimate of drug-likeness (QED) is 0.347. The highest BCUT2D eigenvalue weighted by atomic mass is 32.2. The summed E-state index contributed by atoms with van der Waals surface area (Å²) >= 11 is 1.87. The lowest BCUT2D eigenvalue weighted by molar-refractivity contribution is 0.438. The van der Waals surface area contributed by atoms with Crippen molar-refractivity contribution in [2.75, 3.05) is 6.26 Å². The van der Waals surface area contributed by atoms with Crippen molar-refractivity contribution in [2.24, 2.45) is 0 Å². The van der Waals surface area contributed by atoms with Crippen molar-refractivity contribution < 1.29 is 22.3 Å². The number of H-pyrrole nitrogens is 1. The number of benzene rings is 2. The lowest BCUT2D eigenvalue weighted by Gasteiger charge is -2.07. The number of rotatable bonds is 6. The smallest absolute Gasteiger partial charge is 0.307 e. The molecule has 174 valence electrons. The van der Waals surface area contributed by atoms with Crippen LogP contribution in [0.5, 0.6) is 5.88 Å². The van der Waals surface area contributed by atoms with Crippen LogP contribution in [0.15, 0.2) is 51.7 Å². The maximum atomic E-state index is 14.8. The van der Waals surface area contributed by atoms with Crippen LogP contribution in [0.2, 0.25) is 0 Å². The molecule has 5 rings (SSSR count). The number of hydrogen-bond donors (Lipinski definition) is 2. The number of thiazole rings is 2. The molecule has 0 aliphatic rings. The monoisotopic (exact) mass is 518 g/mol. The van der Waals surface area contributed by atoms with Crippen molar-refractivity contribution in [1.82, 2.24) is 20.2 Å². The van der Waals surface area contributed by atoms with Crippen molar-refractivity contribution in [1.29, 1.82) is 0 Å². The summed E-state index contributed by atoms with van der Waals surface area (Å²) in [4.78, 5) is 17.8. The Labute approximate surface area is 199 Å². The second-order valence-corrected chi connectivity index (χ2v) is 11.7. The second kappa shape index (κ2) is 8.42. The number of fused-ring (bicyclic) bond motifs is 1. The molecule has 0 radical (unpaired) electrons. The summed E-state index contributed by atoms with van der Waals surface area (Å²) in [5.74, 6) is -0.968. The number of nitrogens with zero attached hydrogens (tertiary/aromatic N) is 3. The summed E-state index contributed by atoms with van der Waals surface area (Å²) in [7, 11) is -3.80. The molecule has 9 nitrogen and oxygen atoms in total. The SMILES string of the molecule is CS(=O)(=O)C(c1nnc(Cc2sc(=O)[nH]c2O)o1)c1nc2cc(F)c(-c3ccccc3)cc2s1. The van der Waals surface area contributed by atoms with E-state index in [0.717, 1.165) is 28.9 Å². The Morgan fingerprint density at radius 2 is 1.94 bits per heavy atom. The molecule has 5 aromatic rings. The van der Waals surface area contributed by atoms with E-state index in [1.807, 2.05) is 6.07 Å². The van der Waals surface area contributed by atoms with Gasteiger partial charge in [0.1, 0.15) is 10.8 Å². The van der Waals surface area contributed by atoms with Gasteiger partial charge in [0.05, 0.1) is 21.5 Å². The molecular formula is C21H15FN4O5S3. The topological polar surface area (TPSA) is 139 Å². The van der Waals surface area contributed by atoms with Gasteiger partial charge in [-0.1, -0.05) is 41.7 Å². The zero-order chi connectivity index (χ0) is 24.0. The largest absolute Gasteiger partial charge is 0.494 e. The number of nitrogens with one attached hydrogen (secondary N) is 1. The standard InChI is InChI=1S/C21H15FN4O5S3/c1-34(29,30)17(19-26-25-16(31-19)9-15-18(27)24-21(28)33-15)20-23-13-8-12(22)11(7-14(13)32-20)10-5-3-2-4-6-10/h2-8,17,27H,9H2,1H3,(H,24,28). The normalized spacial score (nSPS) is 12.9. The Balaban J connectivity index is 1.54. The van der Waals surface area contributed by atoms with E-state index in [1.54, 1.807) is 30.3 Å². The molecule has 0 spiro atoms. The Hall–Kier alpha value is -3.42. The molecule has 0 fully saturated rings. The molecule has 1 atom stereocenters. The van der Waals surface area contributed by atoms with Crippen molar-refractivity contribution in [3.63, 3.8) is 0 Å². The number of halogens is 1. The van der Waals surface area contributed by atoms with Gasteiger partial charge in [-0.3, -0.25) is 9.78 Å². The number of aromatic amines is 1. The summed E-state index contributed by atoms with van der Waals surface area (Å²) in [6.45, 7) is 0. The number of sulfone groups is 1. The van der Waals surface area contributed by atoms with E-state index in [4.69, 9.17) is 4.42 Å². The first-order valence-electron chi connectivity index (χ1n) is 9.76. The molecule has 0 saturated heterocycles. The Morgan fingerprint density at radius 3 is 2.62 bits per heavy atom. The van der Waals surface area contributed by atoms with Crippen LogP contribution in [0, 0.1) is 5.82 Å². The molecule has 0 amide bonds. The third-order valence-corrected chi connectivity index (χ3v) is 8.34. The molecule has 3 heterocycles. The fraction of sp³-hybridized carbons (Fsp3) is 0.143. The highest BCUT2D eigenvalue weighted by molar-refractivity contribution is 7.91. The molecule has 0 saturated carbocycles. The molecule has 0 aliphatic carbocycles. The van der Waals surface area contributed by atoms with Crippen molar-refractivity contribution in [2.45, 2.75) is 11.7 Å². The molecule has 0 aliphatic heterocycles. The van der Waals surface area contributed by atoms with Crippen molar-refractivity contribution >= 4 is 42.7 Å². The summed E-state index contributed by atoms with van der Waals surface area (Å²) < 4.78 is 46.3. The predicted molar refractivity (Wildman–Crippen MR) is 125 cm³/mol. The van der Waals surface area contributed by atoms with Gasteiger partial charge in [-0.2, -0.15) is 0 Å². The molecule has 34 heavy (non-hydrogen) atoms. The molecule has 3 aromatic heterocycles. The average Bonchev–Trinajstić information content (AvgIpc) is 3.46. The molecule has 2 aromatic carbocycles. The number of aromatic nitrogens is 4. The Bertz CT molecular complexity index is 1670. The van der Waals surface area contributed by atoms with Gasteiger partial charge in [-0.15, -0.1) is 21.5 Å². The van der Waals surface area contributed by atoms with Gasteiger partial charge in [-0.05, 0) is 11.6 Å². The zero-order valence-corrected chi connectivity index (χ0v) is 19.8. The predicted octanol–water partition coefficient (Wildman–Crippen LogP) is 3.67. The molecule has 13 heteroatoms. The first-order valence-corrected chi connectivity index (χ1v) is 13.4. The Morgan fingerprint density at radius 1 is 1.18 bits per heavy atom. The van der Waals surface area contributed by atoms with Crippen LogP contribution in [0.3, 0.4) is 0 Å². The molecule has 1 unspecified atom stereocenters. The van der Waals surface area contributed by atoms with Crippen LogP contribution < -0.4 is 4.87 Å². The van der Waals surface area contributed by atoms with Gasteiger partial charge in [0.25, 0.3) is 0 Å². The minimum absolute atomic E-state index is 0.0210. The molecule has 0 bridgehead atoms. The maximum absolute atomic E-state index is 14.8. The van der Waals surface area contributed by atoms with Crippen LogP contribution >= 0.6 is 22.7 Å². The third-order valence-electron chi connectivity index (χ3n) is 4.95. The summed E-state index contributed by atoms with van der Waals surface area (Å²) in [6.07, 6.45) is 0.970. The first kappa shape index (κ1) is 22.4. The number of hydrogen-bond acceptors (Lipinski definition) is 10.